The lowest BCUT2D eigenvalue weighted by Crippen LogP contribution is -2.45. The topological polar surface area (TPSA) is 107 Å². The van der Waals surface area contributed by atoms with Crippen molar-refractivity contribution in [2.24, 2.45) is 0 Å². The molecule has 2 fully saturated rings. The maximum Gasteiger partial charge on any atom is 0.230 e. The van der Waals surface area contributed by atoms with Gasteiger partial charge in [0.15, 0.2) is 0 Å². The molecule has 0 bridgehead atoms. The summed E-state index contributed by atoms with van der Waals surface area (Å²) in [6, 6.07) is 6.12. The number of benzene rings is 1. The summed E-state index contributed by atoms with van der Waals surface area (Å²) < 4.78 is 13.2. The van der Waals surface area contributed by atoms with Crippen molar-refractivity contribution in [1.82, 2.24) is 24.8 Å². The van der Waals surface area contributed by atoms with Crippen LogP contribution in [0.4, 0.5) is 0 Å². The van der Waals surface area contributed by atoms with Gasteiger partial charge in [0.2, 0.25) is 18.1 Å². The first kappa shape index (κ1) is 21.2. The van der Waals surface area contributed by atoms with Gasteiger partial charge in [0, 0.05) is 42.8 Å². The zero-order chi connectivity index (χ0) is 22.5. The third-order valence-electron chi connectivity index (χ3n) is 6.22. The predicted octanol–water partition coefficient (Wildman–Crippen LogP) is 3.26. The Labute approximate surface area is 186 Å². The first-order chi connectivity index (χ1) is 15.3. The number of aromatic nitrogens is 4. The summed E-state index contributed by atoms with van der Waals surface area (Å²) in [5.74, 6) is 1.62. The second kappa shape index (κ2) is 8.06. The maximum atomic E-state index is 11.4. The molecule has 3 heterocycles. The van der Waals surface area contributed by atoms with E-state index in [0.717, 1.165) is 29.3 Å². The van der Waals surface area contributed by atoms with Crippen molar-refractivity contribution in [3.8, 4) is 11.4 Å². The van der Waals surface area contributed by atoms with Gasteiger partial charge in [0.25, 0.3) is 0 Å². The van der Waals surface area contributed by atoms with Crippen molar-refractivity contribution in [2.75, 3.05) is 13.1 Å². The molecule has 0 amide bonds. The fourth-order valence-electron chi connectivity index (χ4n) is 4.38. The van der Waals surface area contributed by atoms with Crippen LogP contribution in [-0.4, -0.2) is 60.8 Å². The van der Waals surface area contributed by atoms with Gasteiger partial charge in [-0.15, -0.1) is 0 Å². The molecule has 2 aromatic heterocycles. The molecule has 5 rings (SSSR count). The highest BCUT2D eigenvalue weighted by Crippen LogP contribution is 2.33. The minimum atomic E-state index is -0.906. The SMILES string of the molecule is CC(C)(C)OC(O)N1CCC(c2nc(-c3ccc4cnn(C5CC(=O)C5)c4c3)no2)CC1. The molecule has 1 saturated heterocycles. The number of rotatable bonds is 5. The summed E-state index contributed by atoms with van der Waals surface area (Å²) in [4.78, 5) is 18.0. The molecule has 9 heteroatoms. The molecule has 1 aliphatic carbocycles. The summed E-state index contributed by atoms with van der Waals surface area (Å²) in [5, 5.41) is 20.0. The van der Waals surface area contributed by atoms with Gasteiger partial charge in [-0.3, -0.25) is 14.4 Å². The van der Waals surface area contributed by atoms with E-state index in [-0.39, 0.29) is 17.7 Å². The van der Waals surface area contributed by atoms with Crippen LogP contribution in [0.1, 0.15) is 64.3 Å². The van der Waals surface area contributed by atoms with Crippen LogP contribution < -0.4 is 0 Å². The average Bonchev–Trinajstić information content (AvgIpc) is 3.37. The van der Waals surface area contributed by atoms with Gasteiger partial charge < -0.3 is 14.4 Å². The van der Waals surface area contributed by atoms with Crippen LogP contribution >= 0.6 is 0 Å². The van der Waals surface area contributed by atoms with Gasteiger partial charge >= 0.3 is 0 Å². The number of Topliss-reactive ketones (excluding diaryl/α,β-unsaturated/α-hetero) is 1. The van der Waals surface area contributed by atoms with Gasteiger partial charge in [0.05, 0.1) is 23.4 Å². The summed E-state index contributed by atoms with van der Waals surface area (Å²) in [5.41, 5.74) is 1.45. The Kier molecular flexibility index (Phi) is 5.35. The first-order valence-corrected chi connectivity index (χ1v) is 11.2. The van der Waals surface area contributed by atoms with Crippen molar-refractivity contribution >= 4 is 16.7 Å². The van der Waals surface area contributed by atoms with E-state index in [9.17, 15) is 9.90 Å². The Morgan fingerprint density at radius 3 is 2.66 bits per heavy atom. The summed E-state index contributed by atoms with van der Waals surface area (Å²) in [6.45, 7) is 7.19. The maximum absolute atomic E-state index is 11.4. The predicted molar refractivity (Wildman–Crippen MR) is 117 cm³/mol. The van der Waals surface area contributed by atoms with E-state index in [2.05, 4.69) is 15.2 Å². The van der Waals surface area contributed by atoms with Crippen LogP contribution in [0.3, 0.4) is 0 Å². The zero-order valence-corrected chi connectivity index (χ0v) is 18.7. The number of carbonyl (C=O) groups is 1. The lowest BCUT2D eigenvalue weighted by Gasteiger charge is -2.36. The number of piperidine rings is 1. The van der Waals surface area contributed by atoms with Gasteiger partial charge in [-0.1, -0.05) is 17.3 Å². The number of likely N-dealkylation sites (tertiary alicyclic amines) is 1. The van der Waals surface area contributed by atoms with Gasteiger partial charge in [-0.2, -0.15) is 10.1 Å². The molecule has 0 spiro atoms. The molecular formula is C23H29N5O4. The number of aliphatic hydroxyl groups excluding tert-OH is 1. The Morgan fingerprint density at radius 1 is 1.22 bits per heavy atom. The molecule has 3 aromatic rings. The monoisotopic (exact) mass is 439 g/mol. The molecule has 0 radical (unpaired) electrons. The number of fused-ring (bicyclic) bond motifs is 1. The Morgan fingerprint density at radius 2 is 1.97 bits per heavy atom. The molecular weight excluding hydrogens is 410 g/mol. The van der Waals surface area contributed by atoms with Crippen LogP contribution in [0, 0.1) is 0 Å². The van der Waals surface area contributed by atoms with Crippen LogP contribution in [0.15, 0.2) is 28.9 Å². The number of nitrogens with zero attached hydrogens (tertiary/aromatic N) is 5. The van der Waals surface area contributed by atoms with E-state index in [0.29, 0.717) is 37.6 Å². The van der Waals surface area contributed by atoms with Gasteiger partial charge in [0.1, 0.15) is 5.78 Å². The quantitative estimate of drug-likeness (QED) is 0.604. The Hall–Kier alpha value is -2.62. The van der Waals surface area contributed by atoms with E-state index in [4.69, 9.17) is 9.26 Å². The van der Waals surface area contributed by atoms with Crippen molar-refractivity contribution in [3.05, 3.63) is 30.3 Å². The van der Waals surface area contributed by atoms with Crippen molar-refractivity contribution in [2.45, 2.75) is 70.4 Å². The Balaban J connectivity index is 1.28. The highest BCUT2D eigenvalue weighted by Gasteiger charge is 2.31. The fraction of sp³-hybridized carbons (Fsp3) is 0.565. The van der Waals surface area contributed by atoms with Gasteiger partial charge in [-0.05, 0) is 39.7 Å². The average molecular weight is 440 g/mol. The lowest BCUT2D eigenvalue weighted by molar-refractivity contribution is -0.242. The highest BCUT2D eigenvalue weighted by molar-refractivity contribution is 5.87. The van der Waals surface area contributed by atoms with Crippen LogP contribution in [0.5, 0.6) is 0 Å². The second-order valence-electron chi connectivity index (χ2n) is 9.79. The standard InChI is InChI=1S/C23H29N5O4/c1-23(2,3)31-22(30)27-8-6-14(7-9-27)21-25-20(26-32-21)15-4-5-16-13-24-28(19(16)10-15)17-11-18(29)12-17/h4-5,10,13-14,17,22,30H,6-9,11-12H2,1-3H3. The molecule has 9 nitrogen and oxygen atoms in total. The molecule has 170 valence electrons. The number of hydrogen-bond donors (Lipinski definition) is 1. The molecule has 32 heavy (non-hydrogen) atoms. The van der Waals surface area contributed by atoms with E-state index in [1.807, 2.05) is 54.7 Å². The molecule has 1 aromatic carbocycles. The first-order valence-electron chi connectivity index (χ1n) is 11.2. The van der Waals surface area contributed by atoms with Crippen LogP contribution in [-0.2, 0) is 9.53 Å². The van der Waals surface area contributed by atoms with E-state index in [1.165, 1.54) is 0 Å². The zero-order valence-electron chi connectivity index (χ0n) is 18.7. The minimum Gasteiger partial charge on any atom is -0.356 e. The normalized spacial score (nSPS) is 20.1. The molecule has 2 aliphatic rings. The molecule has 1 aliphatic heterocycles. The number of carbonyl (C=O) groups excluding carboxylic acids is 1. The van der Waals surface area contributed by atoms with E-state index < -0.39 is 12.0 Å². The van der Waals surface area contributed by atoms with Crippen molar-refractivity contribution in [3.63, 3.8) is 0 Å². The lowest BCUT2D eigenvalue weighted by atomic mass is 9.91. The Bertz CT molecular complexity index is 1120. The highest BCUT2D eigenvalue weighted by atomic mass is 16.6. The van der Waals surface area contributed by atoms with Crippen molar-refractivity contribution < 1.29 is 19.2 Å². The molecule has 1 saturated carbocycles. The largest absolute Gasteiger partial charge is 0.356 e. The molecule has 1 N–H and O–H groups in total. The summed E-state index contributed by atoms with van der Waals surface area (Å²) in [7, 11) is 0. The minimum absolute atomic E-state index is 0.138. The molecule has 1 unspecified atom stereocenters. The third-order valence-corrected chi connectivity index (χ3v) is 6.22. The number of ketones is 1. The molecule has 1 atom stereocenters. The van der Waals surface area contributed by atoms with E-state index >= 15 is 0 Å². The van der Waals surface area contributed by atoms with Crippen molar-refractivity contribution in [1.29, 1.82) is 0 Å². The van der Waals surface area contributed by atoms with Crippen LogP contribution in [0.25, 0.3) is 22.3 Å². The second-order valence-corrected chi connectivity index (χ2v) is 9.79. The summed E-state index contributed by atoms with van der Waals surface area (Å²) >= 11 is 0. The van der Waals surface area contributed by atoms with Crippen LogP contribution in [0.2, 0.25) is 0 Å². The third kappa shape index (κ3) is 4.20. The van der Waals surface area contributed by atoms with E-state index in [1.54, 1.807) is 0 Å². The number of aliphatic hydroxyl groups is 1. The number of hydrogen-bond acceptors (Lipinski definition) is 8. The summed E-state index contributed by atoms with van der Waals surface area (Å²) in [6.07, 6.45) is 3.64. The smallest absolute Gasteiger partial charge is 0.230 e. The van der Waals surface area contributed by atoms with Gasteiger partial charge in [-0.25, -0.2) is 0 Å². The number of ether oxygens (including phenoxy) is 1. The fourth-order valence-corrected chi connectivity index (χ4v) is 4.38.